The van der Waals surface area contributed by atoms with Crippen molar-refractivity contribution in [3.8, 4) is 0 Å². The Morgan fingerprint density at radius 3 is 1.94 bits per heavy atom. The van der Waals surface area contributed by atoms with Crippen molar-refractivity contribution in [1.82, 2.24) is 0 Å². The highest BCUT2D eigenvalue weighted by atomic mass is 16.6. The van der Waals surface area contributed by atoms with Gasteiger partial charge in [0.1, 0.15) is 11.2 Å². The molecule has 92 valence electrons. The third-order valence-corrected chi connectivity index (χ3v) is 2.05. The molecule has 0 amide bonds. The van der Waals surface area contributed by atoms with Gasteiger partial charge in [0.2, 0.25) is 0 Å². The van der Waals surface area contributed by atoms with Crippen LogP contribution in [0.3, 0.4) is 0 Å². The molecule has 0 aromatic heterocycles. The molecule has 0 saturated carbocycles. The molecule has 0 N–H and O–H groups in total. The lowest BCUT2D eigenvalue weighted by Gasteiger charge is -2.25. The summed E-state index contributed by atoms with van der Waals surface area (Å²) < 4.78 is 10.0. The summed E-state index contributed by atoms with van der Waals surface area (Å²) in [5.74, 6) is -0.473. The molecule has 0 bridgehead atoms. The summed E-state index contributed by atoms with van der Waals surface area (Å²) in [6, 6.07) is 0. The molecule has 0 heterocycles. The minimum absolute atomic E-state index is 0.304. The third-order valence-electron chi connectivity index (χ3n) is 2.05. The van der Waals surface area contributed by atoms with E-state index in [0.29, 0.717) is 12.4 Å². The van der Waals surface area contributed by atoms with Crippen molar-refractivity contribution in [3.05, 3.63) is 11.3 Å². The van der Waals surface area contributed by atoms with Gasteiger partial charge in [0, 0.05) is 6.92 Å². The van der Waals surface area contributed by atoms with Gasteiger partial charge in [-0.05, 0) is 40.2 Å². The standard InChI is InChI=1S/C12H20O4/c1-7-15-11(14)12(5,6)10(8(2)3)16-9(4)13/h7H2,1-6H3. The molecular weight excluding hydrogens is 208 g/mol. The highest BCUT2D eigenvalue weighted by Crippen LogP contribution is 2.31. The van der Waals surface area contributed by atoms with E-state index in [1.165, 1.54) is 6.92 Å². The quantitative estimate of drug-likeness (QED) is 0.547. The van der Waals surface area contributed by atoms with Crippen LogP contribution in [0, 0.1) is 5.41 Å². The number of hydrogen-bond donors (Lipinski definition) is 0. The fraction of sp³-hybridized carbons (Fsp3) is 0.667. The van der Waals surface area contributed by atoms with Crippen LogP contribution >= 0.6 is 0 Å². The van der Waals surface area contributed by atoms with Crippen molar-refractivity contribution in [2.24, 2.45) is 5.41 Å². The van der Waals surface area contributed by atoms with Gasteiger partial charge in [0.05, 0.1) is 6.61 Å². The van der Waals surface area contributed by atoms with Gasteiger partial charge in [-0.2, -0.15) is 0 Å². The number of rotatable bonds is 4. The fourth-order valence-corrected chi connectivity index (χ4v) is 1.40. The SMILES string of the molecule is CCOC(=O)C(C)(C)C(OC(C)=O)=C(C)C. The molecule has 0 rings (SSSR count). The molecule has 0 unspecified atom stereocenters. The Bertz CT molecular complexity index is 309. The molecule has 0 aliphatic rings. The van der Waals surface area contributed by atoms with Gasteiger partial charge in [-0.3, -0.25) is 9.59 Å². The van der Waals surface area contributed by atoms with E-state index in [0.717, 1.165) is 5.57 Å². The zero-order valence-corrected chi connectivity index (χ0v) is 10.8. The molecule has 4 nitrogen and oxygen atoms in total. The Kier molecular flexibility index (Phi) is 5.21. The van der Waals surface area contributed by atoms with E-state index in [1.807, 2.05) is 0 Å². The lowest BCUT2D eigenvalue weighted by molar-refractivity contribution is -0.155. The highest BCUT2D eigenvalue weighted by Gasteiger charge is 2.37. The highest BCUT2D eigenvalue weighted by molar-refractivity contribution is 5.80. The van der Waals surface area contributed by atoms with Crippen LogP contribution in [0.1, 0.15) is 41.5 Å². The monoisotopic (exact) mass is 228 g/mol. The van der Waals surface area contributed by atoms with Crippen LogP contribution in [0.15, 0.2) is 11.3 Å². The molecule has 0 aromatic carbocycles. The minimum Gasteiger partial charge on any atom is -0.465 e. The van der Waals surface area contributed by atoms with Crippen LogP contribution in [0.4, 0.5) is 0 Å². The van der Waals surface area contributed by atoms with E-state index in [-0.39, 0.29) is 0 Å². The van der Waals surface area contributed by atoms with Crippen molar-refractivity contribution in [3.63, 3.8) is 0 Å². The predicted molar refractivity (Wildman–Crippen MR) is 60.6 cm³/mol. The Morgan fingerprint density at radius 1 is 1.12 bits per heavy atom. The van der Waals surface area contributed by atoms with Gasteiger partial charge in [-0.25, -0.2) is 0 Å². The zero-order valence-electron chi connectivity index (χ0n) is 10.8. The Labute approximate surface area is 96.6 Å². The van der Waals surface area contributed by atoms with E-state index in [9.17, 15) is 9.59 Å². The number of hydrogen-bond acceptors (Lipinski definition) is 4. The smallest absolute Gasteiger partial charge is 0.319 e. The summed E-state index contributed by atoms with van der Waals surface area (Å²) in [5.41, 5.74) is -0.159. The average Bonchev–Trinajstić information content (AvgIpc) is 2.13. The van der Waals surface area contributed by atoms with Crippen LogP contribution in [-0.4, -0.2) is 18.5 Å². The molecule has 0 radical (unpaired) electrons. The second-order valence-corrected chi connectivity index (χ2v) is 4.27. The van der Waals surface area contributed by atoms with Gasteiger partial charge in [-0.15, -0.1) is 0 Å². The van der Waals surface area contributed by atoms with Crippen molar-refractivity contribution in [2.45, 2.75) is 41.5 Å². The first kappa shape index (κ1) is 14.7. The number of allylic oxidation sites excluding steroid dienone is 1. The first-order valence-corrected chi connectivity index (χ1v) is 5.27. The molecule has 0 atom stereocenters. The van der Waals surface area contributed by atoms with E-state index in [2.05, 4.69) is 0 Å². The predicted octanol–water partition coefficient (Wildman–Crippen LogP) is 2.43. The molecule has 0 fully saturated rings. The number of esters is 2. The van der Waals surface area contributed by atoms with E-state index in [1.54, 1.807) is 34.6 Å². The Morgan fingerprint density at radius 2 is 1.62 bits per heavy atom. The molecule has 0 aliphatic carbocycles. The molecule has 0 spiro atoms. The Balaban J connectivity index is 5.14. The summed E-state index contributed by atoms with van der Waals surface area (Å²) in [6.07, 6.45) is 0. The van der Waals surface area contributed by atoms with E-state index in [4.69, 9.17) is 9.47 Å². The molecule has 0 aliphatic heterocycles. The lowest BCUT2D eigenvalue weighted by atomic mass is 9.88. The second-order valence-electron chi connectivity index (χ2n) is 4.27. The van der Waals surface area contributed by atoms with Crippen molar-refractivity contribution >= 4 is 11.9 Å². The Hall–Kier alpha value is -1.32. The molecule has 0 saturated heterocycles. The summed E-state index contributed by atoms with van der Waals surface area (Å²) >= 11 is 0. The van der Waals surface area contributed by atoms with Gasteiger partial charge in [0.25, 0.3) is 0 Å². The zero-order chi connectivity index (χ0) is 12.9. The van der Waals surface area contributed by atoms with Crippen LogP contribution in [0.5, 0.6) is 0 Å². The summed E-state index contributed by atoms with van der Waals surface area (Å²) in [4.78, 5) is 22.7. The van der Waals surface area contributed by atoms with Gasteiger partial charge in [-0.1, -0.05) is 0 Å². The number of carbonyl (C=O) groups is 2. The van der Waals surface area contributed by atoms with Gasteiger partial charge < -0.3 is 9.47 Å². The van der Waals surface area contributed by atoms with E-state index >= 15 is 0 Å². The summed E-state index contributed by atoms with van der Waals surface area (Å²) in [5, 5.41) is 0. The second kappa shape index (κ2) is 5.68. The number of carbonyl (C=O) groups excluding carboxylic acids is 2. The average molecular weight is 228 g/mol. The maximum absolute atomic E-state index is 11.7. The molecule has 16 heavy (non-hydrogen) atoms. The fourth-order valence-electron chi connectivity index (χ4n) is 1.40. The summed E-state index contributed by atoms with van der Waals surface area (Å²) in [6.45, 7) is 10.3. The van der Waals surface area contributed by atoms with Crippen molar-refractivity contribution in [2.75, 3.05) is 6.61 Å². The maximum atomic E-state index is 11.7. The van der Waals surface area contributed by atoms with Crippen LogP contribution in [-0.2, 0) is 19.1 Å². The first-order chi connectivity index (χ1) is 7.23. The number of ether oxygens (including phenoxy) is 2. The van der Waals surface area contributed by atoms with Crippen LogP contribution in [0.2, 0.25) is 0 Å². The lowest BCUT2D eigenvalue weighted by Crippen LogP contribution is -2.31. The summed E-state index contributed by atoms with van der Waals surface area (Å²) in [7, 11) is 0. The largest absolute Gasteiger partial charge is 0.465 e. The molecular formula is C12H20O4. The minimum atomic E-state index is -0.944. The van der Waals surface area contributed by atoms with Crippen molar-refractivity contribution in [1.29, 1.82) is 0 Å². The normalized spacial score (nSPS) is 10.6. The van der Waals surface area contributed by atoms with Crippen LogP contribution < -0.4 is 0 Å². The topological polar surface area (TPSA) is 52.6 Å². The van der Waals surface area contributed by atoms with Gasteiger partial charge in [0.15, 0.2) is 0 Å². The van der Waals surface area contributed by atoms with Crippen molar-refractivity contribution < 1.29 is 19.1 Å². The first-order valence-electron chi connectivity index (χ1n) is 5.27. The third kappa shape index (κ3) is 3.68. The van der Waals surface area contributed by atoms with E-state index < -0.39 is 17.4 Å². The molecule has 0 aromatic rings. The molecule has 4 heteroatoms. The maximum Gasteiger partial charge on any atom is 0.319 e. The van der Waals surface area contributed by atoms with Gasteiger partial charge >= 0.3 is 11.9 Å². The van der Waals surface area contributed by atoms with Crippen LogP contribution in [0.25, 0.3) is 0 Å².